The molecule has 0 saturated heterocycles. The fraction of sp³-hybridized carbons (Fsp3) is 0. The Morgan fingerprint density at radius 1 is 0.933 bits per heavy atom. The third kappa shape index (κ3) is 2.66. The van der Waals surface area contributed by atoms with E-state index < -0.39 is 0 Å². The summed E-state index contributed by atoms with van der Waals surface area (Å²) in [5.74, 6) is 0.103. The first kappa shape index (κ1) is 16.9. The van der Waals surface area contributed by atoms with Crippen LogP contribution >= 0.6 is 11.3 Å². The van der Waals surface area contributed by atoms with Crippen LogP contribution in [0.5, 0.6) is 5.75 Å². The van der Waals surface area contributed by atoms with Crippen molar-refractivity contribution in [1.29, 1.82) is 0 Å². The molecule has 0 fully saturated rings. The minimum Gasteiger partial charge on any atom is -0.506 e. The molecule has 0 atom stereocenters. The molecule has 0 aliphatic rings. The predicted molar refractivity (Wildman–Crippen MR) is 117 cm³/mol. The van der Waals surface area contributed by atoms with Gasteiger partial charge in [-0.3, -0.25) is 15.1 Å². The van der Waals surface area contributed by atoms with Crippen LogP contribution in [0, 0.1) is 0 Å². The third-order valence-electron chi connectivity index (χ3n) is 5.03. The Labute approximate surface area is 174 Å². The Kier molecular flexibility index (Phi) is 3.65. The van der Waals surface area contributed by atoms with Crippen LogP contribution in [-0.4, -0.2) is 35.2 Å². The standard InChI is InChI=1S/C22H14N6OS/c29-14-7-13(9-23-10-14)16-1-2-18-21(26-16)22(28-27-18)19-8-15-17(25-19)3-5-24-20(15)12-4-6-30-11-12/h1-11,25,29H,(H,27,28). The Morgan fingerprint density at radius 3 is 2.77 bits per heavy atom. The number of nitrogens with zero attached hydrogens (tertiary/aromatic N) is 4. The van der Waals surface area contributed by atoms with Crippen molar-refractivity contribution in [3.8, 4) is 39.7 Å². The van der Waals surface area contributed by atoms with Crippen molar-refractivity contribution < 1.29 is 5.11 Å². The minimum absolute atomic E-state index is 0.103. The number of pyridine rings is 3. The maximum absolute atomic E-state index is 9.75. The van der Waals surface area contributed by atoms with Gasteiger partial charge in [-0.2, -0.15) is 16.4 Å². The molecule has 0 aromatic carbocycles. The molecule has 144 valence electrons. The van der Waals surface area contributed by atoms with Crippen LogP contribution in [0.3, 0.4) is 0 Å². The van der Waals surface area contributed by atoms with Gasteiger partial charge in [-0.1, -0.05) is 0 Å². The molecule has 6 heterocycles. The average Bonchev–Trinajstić information content (AvgIpc) is 3.51. The van der Waals surface area contributed by atoms with Crippen LogP contribution in [0.4, 0.5) is 0 Å². The minimum atomic E-state index is 0.103. The van der Waals surface area contributed by atoms with Crippen molar-refractivity contribution in [2.24, 2.45) is 0 Å². The van der Waals surface area contributed by atoms with Crippen LogP contribution in [0.25, 0.3) is 55.8 Å². The fourth-order valence-corrected chi connectivity index (χ4v) is 4.27. The lowest BCUT2D eigenvalue weighted by Gasteiger charge is -2.01. The number of aromatic amines is 2. The van der Waals surface area contributed by atoms with E-state index in [1.807, 2.05) is 29.8 Å². The van der Waals surface area contributed by atoms with Crippen LogP contribution in [-0.2, 0) is 0 Å². The highest BCUT2D eigenvalue weighted by molar-refractivity contribution is 7.08. The van der Waals surface area contributed by atoms with E-state index in [1.165, 1.54) is 6.20 Å². The van der Waals surface area contributed by atoms with E-state index in [9.17, 15) is 5.11 Å². The SMILES string of the molecule is Oc1cncc(-c2ccc3[nH]nc(-c4cc5c(-c6ccsc6)nccc5[nH]4)c3n2)c1. The van der Waals surface area contributed by atoms with Gasteiger partial charge in [-0.05, 0) is 41.8 Å². The maximum Gasteiger partial charge on any atom is 0.135 e. The molecule has 0 unspecified atom stereocenters. The molecule has 0 saturated carbocycles. The van der Waals surface area contributed by atoms with Crippen LogP contribution in [0.2, 0.25) is 0 Å². The number of nitrogens with one attached hydrogen (secondary N) is 2. The summed E-state index contributed by atoms with van der Waals surface area (Å²) in [7, 11) is 0. The summed E-state index contributed by atoms with van der Waals surface area (Å²) in [5.41, 5.74) is 7.65. The molecule has 0 amide bonds. The Bertz CT molecular complexity index is 1520. The number of H-pyrrole nitrogens is 2. The number of thiophene rings is 1. The first-order chi connectivity index (χ1) is 14.8. The van der Waals surface area contributed by atoms with Crippen LogP contribution < -0.4 is 0 Å². The molecule has 0 aliphatic carbocycles. The number of hydrogen-bond acceptors (Lipinski definition) is 6. The van der Waals surface area contributed by atoms with Crippen LogP contribution in [0.15, 0.2) is 65.7 Å². The van der Waals surface area contributed by atoms with Crippen molar-refractivity contribution in [2.75, 3.05) is 0 Å². The first-order valence-corrected chi connectivity index (χ1v) is 10.2. The van der Waals surface area contributed by atoms with Gasteiger partial charge in [0.1, 0.15) is 17.0 Å². The van der Waals surface area contributed by atoms with Gasteiger partial charge in [0.15, 0.2) is 0 Å². The van der Waals surface area contributed by atoms with Crippen molar-refractivity contribution in [3.63, 3.8) is 0 Å². The fourth-order valence-electron chi connectivity index (χ4n) is 3.63. The van der Waals surface area contributed by atoms with E-state index in [0.29, 0.717) is 5.69 Å². The highest BCUT2D eigenvalue weighted by Gasteiger charge is 2.16. The lowest BCUT2D eigenvalue weighted by atomic mass is 10.1. The molecule has 6 aromatic heterocycles. The summed E-state index contributed by atoms with van der Waals surface area (Å²) in [6.07, 6.45) is 4.88. The molecular formula is C22H14N6OS. The molecule has 6 aromatic rings. The molecule has 30 heavy (non-hydrogen) atoms. The van der Waals surface area contributed by atoms with Gasteiger partial charge < -0.3 is 10.1 Å². The second-order valence-electron chi connectivity index (χ2n) is 6.91. The third-order valence-corrected chi connectivity index (χ3v) is 5.71. The normalized spacial score (nSPS) is 11.5. The van der Waals surface area contributed by atoms with Gasteiger partial charge in [0, 0.05) is 39.8 Å². The predicted octanol–water partition coefficient (Wildman–Crippen LogP) is 5.00. The Hall–Kier alpha value is -4.04. The van der Waals surface area contributed by atoms with Crippen molar-refractivity contribution in [1.82, 2.24) is 30.1 Å². The molecule has 7 nitrogen and oxygen atoms in total. The number of fused-ring (bicyclic) bond motifs is 2. The molecule has 6 rings (SSSR count). The molecule has 0 radical (unpaired) electrons. The van der Waals surface area contributed by atoms with E-state index in [-0.39, 0.29) is 5.75 Å². The number of rotatable bonds is 3. The number of hydrogen-bond donors (Lipinski definition) is 3. The topological polar surface area (TPSA) is 103 Å². The lowest BCUT2D eigenvalue weighted by Crippen LogP contribution is -1.86. The second-order valence-corrected chi connectivity index (χ2v) is 7.69. The summed E-state index contributed by atoms with van der Waals surface area (Å²) in [6, 6.07) is 11.5. The van der Waals surface area contributed by atoms with Gasteiger partial charge in [-0.25, -0.2) is 4.98 Å². The van der Waals surface area contributed by atoms with E-state index >= 15 is 0 Å². The second kappa shape index (κ2) is 6.50. The summed E-state index contributed by atoms with van der Waals surface area (Å²) in [4.78, 5) is 16.9. The van der Waals surface area contributed by atoms with Gasteiger partial charge in [0.2, 0.25) is 0 Å². The van der Waals surface area contributed by atoms with Gasteiger partial charge in [0.05, 0.1) is 28.8 Å². The molecular weight excluding hydrogens is 396 g/mol. The van der Waals surface area contributed by atoms with Crippen LogP contribution in [0.1, 0.15) is 0 Å². The van der Waals surface area contributed by atoms with E-state index in [0.717, 1.165) is 50.1 Å². The zero-order valence-electron chi connectivity index (χ0n) is 15.5. The zero-order valence-corrected chi connectivity index (χ0v) is 16.3. The molecule has 0 spiro atoms. The van der Waals surface area contributed by atoms with E-state index in [4.69, 9.17) is 4.98 Å². The zero-order chi connectivity index (χ0) is 20.1. The monoisotopic (exact) mass is 410 g/mol. The summed E-state index contributed by atoms with van der Waals surface area (Å²) in [5, 5.41) is 22.5. The highest BCUT2D eigenvalue weighted by atomic mass is 32.1. The first-order valence-electron chi connectivity index (χ1n) is 9.26. The average molecular weight is 410 g/mol. The van der Waals surface area contributed by atoms with Gasteiger partial charge in [-0.15, -0.1) is 0 Å². The molecule has 0 bridgehead atoms. The van der Waals surface area contributed by atoms with E-state index in [1.54, 1.807) is 23.6 Å². The highest BCUT2D eigenvalue weighted by Crippen LogP contribution is 2.33. The van der Waals surface area contributed by atoms with Crippen molar-refractivity contribution >= 4 is 33.3 Å². The Morgan fingerprint density at radius 2 is 1.90 bits per heavy atom. The van der Waals surface area contributed by atoms with Crippen molar-refractivity contribution in [3.05, 3.63) is 65.7 Å². The quantitative estimate of drug-likeness (QED) is 0.381. The molecule has 0 aliphatic heterocycles. The largest absolute Gasteiger partial charge is 0.506 e. The maximum atomic E-state index is 9.75. The lowest BCUT2D eigenvalue weighted by molar-refractivity contribution is 0.473. The summed E-state index contributed by atoms with van der Waals surface area (Å²) in [6.45, 7) is 0. The van der Waals surface area contributed by atoms with Gasteiger partial charge >= 0.3 is 0 Å². The van der Waals surface area contributed by atoms with E-state index in [2.05, 4.69) is 42.7 Å². The molecule has 3 N–H and O–H groups in total. The number of aromatic nitrogens is 6. The van der Waals surface area contributed by atoms with Gasteiger partial charge in [0.25, 0.3) is 0 Å². The Balaban J connectivity index is 1.52. The van der Waals surface area contributed by atoms with Crippen molar-refractivity contribution in [2.45, 2.75) is 0 Å². The number of aromatic hydroxyl groups is 1. The smallest absolute Gasteiger partial charge is 0.135 e. The molecule has 8 heteroatoms. The summed E-state index contributed by atoms with van der Waals surface area (Å²) >= 11 is 1.65. The summed E-state index contributed by atoms with van der Waals surface area (Å²) < 4.78 is 0.